The third kappa shape index (κ3) is 5.61. The van der Waals surface area contributed by atoms with Crippen LogP contribution in [0.1, 0.15) is 19.4 Å². The fourth-order valence-corrected chi connectivity index (χ4v) is 2.83. The van der Waals surface area contributed by atoms with Crippen LogP contribution in [0.5, 0.6) is 0 Å². The number of halogens is 2. The van der Waals surface area contributed by atoms with Crippen LogP contribution in [0, 0.1) is 0 Å². The van der Waals surface area contributed by atoms with Gasteiger partial charge in [0.1, 0.15) is 0 Å². The molecule has 4 nitrogen and oxygen atoms in total. The lowest BCUT2D eigenvalue weighted by atomic mass is 10.2. The standard InChI is InChI=1S/C17H19BrClN3O/c1-12(2)22(10-13-4-3-7-20-9-13)11-17(23)21-16-6-5-14(18)8-15(16)19/h3-9,12H,10-11H2,1-2H3,(H,21,23). The van der Waals surface area contributed by atoms with Gasteiger partial charge in [0.2, 0.25) is 5.91 Å². The minimum absolute atomic E-state index is 0.0909. The Hall–Kier alpha value is -1.43. The van der Waals surface area contributed by atoms with Gasteiger partial charge < -0.3 is 5.32 Å². The van der Waals surface area contributed by atoms with Gasteiger partial charge in [-0.3, -0.25) is 14.7 Å². The van der Waals surface area contributed by atoms with Gasteiger partial charge in [-0.25, -0.2) is 0 Å². The highest BCUT2D eigenvalue weighted by Gasteiger charge is 2.15. The van der Waals surface area contributed by atoms with Gasteiger partial charge in [0.25, 0.3) is 0 Å². The zero-order valence-corrected chi connectivity index (χ0v) is 15.4. The second kappa shape index (κ2) is 8.43. The third-order valence-corrected chi connectivity index (χ3v) is 4.20. The summed E-state index contributed by atoms with van der Waals surface area (Å²) in [6.07, 6.45) is 3.56. The summed E-state index contributed by atoms with van der Waals surface area (Å²) in [6.45, 7) is 5.10. The maximum Gasteiger partial charge on any atom is 0.238 e. The Bertz CT molecular complexity index is 664. The number of benzene rings is 1. The number of pyridine rings is 1. The third-order valence-electron chi connectivity index (χ3n) is 3.39. The monoisotopic (exact) mass is 395 g/mol. The molecule has 122 valence electrons. The van der Waals surface area contributed by atoms with E-state index in [-0.39, 0.29) is 11.9 Å². The van der Waals surface area contributed by atoms with Crippen LogP contribution in [0.2, 0.25) is 5.02 Å². The van der Waals surface area contributed by atoms with Gasteiger partial charge in [-0.1, -0.05) is 33.6 Å². The number of nitrogens with one attached hydrogen (secondary N) is 1. The molecule has 0 atom stereocenters. The van der Waals surface area contributed by atoms with Crippen molar-refractivity contribution in [1.29, 1.82) is 0 Å². The zero-order valence-electron chi connectivity index (χ0n) is 13.1. The summed E-state index contributed by atoms with van der Waals surface area (Å²) >= 11 is 9.48. The first-order chi connectivity index (χ1) is 11.0. The van der Waals surface area contributed by atoms with Gasteiger partial charge in [0, 0.05) is 29.5 Å². The van der Waals surface area contributed by atoms with E-state index < -0.39 is 0 Å². The zero-order chi connectivity index (χ0) is 16.8. The Morgan fingerprint density at radius 3 is 2.78 bits per heavy atom. The fraction of sp³-hybridized carbons (Fsp3) is 0.294. The molecule has 0 saturated heterocycles. The Morgan fingerprint density at radius 2 is 2.17 bits per heavy atom. The molecule has 0 unspecified atom stereocenters. The van der Waals surface area contributed by atoms with Crippen molar-refractivity contribution in [2.45, 2.75) is 26.4 Å². The fourth-order valence-electron chi connectivity index (χ4n) is 2.11. The molecule has 1 amide bonds. The molecule has 0 aliphatic carbocycles. The van der Waals surface area contributed by atoms with Gasteiger partial charge in [0.15, 0.2) is 0 Å². The molecular formula is C17H19BrClN3O. The lowest BCUT2D eigenvalue weighted by Crippen LogP contribution is -2.37. The number of anilines is 1. The van der Waals surface area contributed by atoms with Gasteiger partial charge in [0.05, 0.1) is 17.3 Å². The minimum Gasteiger partial charge on any atom is -0.324 e. The van der Waals surface area contributed by atoms with Crippen molar-refractivity contribution in [3.05, 3.63) is 57.8 Å². The number of carbonyl (C=O) groups is 1. The normalized spacial score (nSPS) is 11.0. The molecule has 2 rings (SSSR count). The van der Waals surface area contributed by atoms with Crippen LogP contribution in [0.4, 0.5) is 5.69 Å². The molecule has 0 saturated carbocycles. The second-order valence-corrected chi connectivity index (χ2v) is 6.86. The number of rotatable bonds is 6. The highest BCUT2D eigenvalue weighted by molar-refractivity contribution is 9.10. The first-order valence-corrected chi connectivity index (χ1v) is 8.50. The van der Waals surface area contributed by atoms with Crippen molar-refractivity contribution in [1.82, 2.24) is 9.88 Å². The van der Waals surface area contributed by atoms with Crippen LogP contribution >= 0.6 is 27.5 Å². The molecule has 0 bridgehead atoms. The maximum atomic E-state index is 12.3. The topological polar surface area (TPSA) is 45.2 Å². The molecule has 0 aliphatic heterocycles. The van der Waals surface area contributed by atoms with Crippen LogP contribution in [0.3, 0.4) is 0 Å². The number of nitrogens with zero attached hydrogens (tertiary/aromatic N) is 2. The molecule has 1 aromatic carbocycles. The molecular weight excluding hydrogens is 378 g/mol. The van der Waals surface area contributed by atoms with Crippen LogP contribution in [0.15, 0.2) is 47.2 Å². The van der Waals surface area contributed by atoms with E-state index in [9.17, 15) is 4.79 Å². The van der Waals surface area contributed by atoms with E-state index in [1.54, 1.807) is 18.3 Å². The van der Waals surface area contributed by atoms with Gasteiger partial charge in [-0.05, 0) is 43.7 Å². The Labute approximate surface area is 150 Å². The Morgan fingerprint density at radius 1 is 1.39 bits per heavy atom. The van der Waals surface area contributed by atoms with Gasteiger partial charge in [-0.2, -0.15) is 0 Å². The summed E-state index contributed by atoms with van der Waals surface area (Å²) in [5.74, 6) is -0.0909. The second-order valence-electron chi connectivity index (χ2n) is 5.53. The van der Waals surface area contributed by atoms with Crippen molar-refractivity contribution in [2.24, 2.45) is 0 Å². The molecule has 6 heteroatoms. The number of amides is 1. The average molecular weight is 397 g/mol. The number of carbonyl (C=O) groups excluding carboxylic acids is 1. The Balaban J connectivity index is 2.00. The van der Waals surface area contributed by atoms with Crippen LogP contribution in [0.25, 0.3) is 0 Å². The number of hydrogen-bond acceptors (Lipinski definition) is 3. The maximum absolute atomic E-state index is 12.3. The van der Waals surface area contributed by atoms with E-state index >= 15 is 0 Å². The summed E-state index contributed by atoms with van der Waals surface area (Å²) in [5.41, 5.74) is 1.70. The molecule has 0 radical (unpaired) electrons. The summed E-state index contributed by atoms with van der Waals surface area (Å²) in [7, 11) is 0. The van der Waals surface area contributed by atoms with E-state index in [1.165, 1.54) is 0 Å². The van der Waals surface area contributed by atoms with Crippen molar-refractivity contribution < 1.29 is 4.79 Å². The molecule has 1 N–H and O–H groups in total. The van der Waals surface area contributed by atoms with E-state index in [2.05, 4.69) is 45.0 Å². The highest BCUT2D eigenvalue weighted by atomic mass is 79.9. The highest BCUT2D eigenvalue weighted by Crippen LogP contribution is 2.25. The number of aromatic nitrogens is 1. The molecule has 2 aromatic rings. The van der Waals surface area contributed by atoms with E-state index in [0.29, 0.717) is 23.8 Å². The van der Waals surface area contributed by atoms with E-state index in [4.69, 9.17) is 11.6 Å². The summed E-state index contributed by atoms with van der Waals surface area (Å²) in [6, 6.07) is 9.53. The summed E-state index contributed by atoms with van der Waals surface area (Å²) in [4.78, 5) is 18.5. The van der Waals surface area contributed by atoms with Gasteiger partial charge in [-0.15, -0.1) is 0 Å². The molecule has 0 spiro atoms. The lowest BCUT2D eigenvalue weighted by Gasteiger charge is -2.25. The van der Waals surface area contributed by atoms with Crippen molar-refractivity contribution in [3.8, 4) is 0 Å². The Kier molecular flexibility index (Phi) is 6.57. The first kappa shape index (κ1) is 17.9. The molecule has 0 aliphatic rings. The van der Waals surface area contributed by atoms with Crippen LogP contribution < -0.4 is 5.32 Å². The SMILES string of the molecule is CC(C)N(CC(=O)Nc1ccc(Br)cc1Cl)Cc1cccnc1. The minimum atomic E-state index is -0.0909. The quantitative estimate of drug-likeness (QED) is 0.789. The summed E-state index contributed by atoms with van der Waals surface area (Å²) < 4.78 is 0.876. The van der Waals surface area contributed by atoms with E-state index in [1.807, 2.05) is 24.4 Å². The largest absolute Gasteiger partial charge is 0.324 e. The lowest BCUT2D eigenvalue weighted by molar-refractivity contribution is -0.117. The van der Waals surface area contributed by atoms with Crippen molar-refractivity contribution in [3.63, 3.8) is 0 Å². The average Bonchev–Trinajstić information content (AvgIpc) is 2.50. The first-order valence-electron chi connectivity index (χ1n) is 7.33. The molecule has 23 heavy (non-hydrogen) atoms. The predicted octanol–water partition coefficient (Wildman–Crippen LogP) is 4.35. The molecule has 1 heterocycles. The summed E-state index contributed by atoms with van der Waals surface area (Å²) in [5, 5.41) is 3.37. The molecule has 0 fully saturated rings. The number of hydrogen-bond donors (Lipinski definition) is 1. The van der Waals surface area contributed by atoms with E-state index in [0.717, 1.165) is 10.0 Å². The predicted molar refractivity (Wildman–Crippen MR) is 97.6 cm³/mol. The van der Waals surface area contributed by atoms with Gasteiger partial charge >= 0.3 is 0 Å². The van der Waals surface area contributed by atoms with Crippen molar-refractivity contribution in [2.75, 3.05) is 11.9 Å². The van der Waals surface area contributed by atoms with Crippen molar-refractivity contribution >= 4 is 39.1 Å². The van der Waals surface area contributed by atoms with Crippen LogP contribution in [-0.4, -0.2) is 28.4 Å². The smallest absolute Gasteiger partial charge is 0.238 e. The molecule has 1 aromatic heterocycles. The van der Waals surface area contributed by atoms with Crippen LogP contribution in [-0.2, 0) is 11.3 Å².